The van der Waals surface area contributed by atoms with Gasteiger partial charge in [-0.15, -0.1) is 11.3 Å². The Morgan fingerprint density at radius 2 is 1.94 bits per heavy atom. The topological polar surface area (TPSA) is 42.2 Å². The second kappa shape index (κ2) is 6.13. The maximum absolute atomic E-state index is 5.99. The van der Waals surface area contributed by atoms with Crippen molar-refractivity contribution in [2.75, 3.05) is 6.54 Å². The third-order valence-corrected chi connectivity index (χ3v) is 5.07. The summed E-state index contributed by atoms with van der Waals surface area (Å²) in [5.41, 5.74) is 7.20. The maximum Gasteiger partial charge on any atom is 0.0900 e. The second-order valence-electron chi connectivity index (χ2n) is 5.37. The van der Waals surface area contributed by atoms with E-state index in [0.29, 0.717) is 6.04 Å². The monoisotopic (exact) mass is 267 g/mol. The first-order valence-corrected chi connectivity index (χ1v) is 7.84. The Labute approximate surface area is 114 Å². The molecule has 0 bridgehead atoms. The maximum atomic E-state index is 5.99. The fraction of sp³-hybridized carbons (Fsp3) is 0.786. The first-order valence-electron chi connectivity index (χ1n) is 7.02. The van der Waals surface area contributed by atoms with Crippen LogP contribution in [0.1, 0.15) is 48.2 Å². The van der Waals surface area contributed by atoms with E-state index in [9.17, 15) is 0 Å². The van der Waals surface area contributed by atoms with Gasteiger partial charge in [-0.25, -0.2) is 4.98 Å². The number of nitrogens with zero attached hydrogens (tertiary/aromatic N) is 2. The molecule has 0 spiro atoms. The van der Waals surface area contributed by atoms with Crippen molar-refractivity contribution in [2.24, 2.45) is 5.73 Å². The number of aryl methyl sites for hydroxylation is 2. The van der Waals surface area contributed by atoms with Crippen molar-refractivity contribution >= 4 is 11.3 Å². The van der Waals surface area contributed by atoms with Crippen LogP contribution >= 0.6 is 11.3 Å². The molecule has 1 aromatic rings. The van der Waals surface area contributed by atoms with Crippen molar-refractivity contribution in [3.8, 4) is 0 Å². The van der Waals surface area contributed by atoms with Crippen LogP contribution < -0.4 is 5.73 Å². The molecule has 0 radical (unpaired) electrons. The zero-order valence-corrected chi connectivity index (χ0v) is 12.6. The first kappa shape index (κ1) is 14.0. The molecule has 2 rings (SSSR count). The number of hydrogen-bond donors (Lipinski definition) is 1. The average Bonchev–Trinajstić information content (AvgIpc) is 2.66. The molecule has 1 heterocycles. The van der Waals surface area contributed by atoms with Crippen molar-refractivity contribution in [3.63, 3.8) is 0 Å². The van der Waals surface area contributed by atoms with Crippen LogP contribution in [0.15, 0.2) is 0 Å². The lowest BCUT2D eigenvalue weighted by Gasteiger charge is -2.35. The quantitative estimate of drug-likeness (QED) is 0.912. The molecule has 1 aromatic heterocycles. The normalized spacial score (nSPS) is 24.7. The molecule has 102 valence electrons. The van der Waals surface area contributed by atoms with E-state index in [4.69, 9.17) is 5.73 Å². The van der Waals surface area contributed by atoms with E-state index in [1.54, 1.807) is 0 Å². The van der Waals surface area contributed by atoms with Crippen LogP contribution in [0.2, 0.25) is 0 Å². The van der Waals surface area contributed by atoms with Crippen LogP contribution in [0.4, 0.5) is 0 Å². The van der Waals surface area contributed by atoms with Crippen LogP contribution in [0.25, 0.3) is 0 Å². The van der Waals surface area contributed by atoms with Crippen molar-refractivity contribution < 1.29 is 0 Å². The molecule has 0 atom stereocenters. The Hall–Kier alpha value is -0.450. The van der Waals surface area contributed by atoms with E-state index >= 15 is 0 Å². The van der Waals surface area contributed by atoms with Gasteiger partial charge in [0.25, 0.3) is 0 Å². The fourth-order valence-electron chi connectivity index (χ4n) is 2.87. The molecular formula is C14H25N3S. The lowest BCUT2D eigenvalue weighted by atomic mass is 9.90. The number of rotatable bonds is 4. The molecule has 1 aliphatic carbocycles. The van der Waals surface area contributed by atoms with E-state index in [1.165, 1.54) is 41.3 Å². The molecule has 1 aliphatic rings. The van der Waals surface area contributed by atoms with E-state index in [-0.39, 0.29) is 0 Å². The predicted octanol–water partition coefficient (Wildman–Crippen LogP) is 2.85. The molecule has 4 heteroatoms. The minimum absolute atomic E-state index is 0.437. The molecule has 1 fully saturated rings. The number of hydrogen-bond acceptors (Lipinski definition) is 4. The lowest BCUT2D eigenvalue weighted by Crippen LogP contribution is -2.40. The van der Waals surface area contributed by atoms with Gasteiger partial charge in [0, 0.05) is 23.5 Å². The molecular weight excluding hydrogens is 242 g/mol. The van der Waals surface area contributed by atoms with Gasteiger partial charge in [-0.3, -0.25) is 4.90 Å². The van der Waals surface area contributed by atoms with Gasteiger partial charge in [0.05, 0.1) is 10.7 Å². The molecule has 0 saturated heterocycles. The van der Waals surface area contributed by atoms with Gasteiger partial charge in [0.1, 0.15) is 0 Å². The van der Waals surface area contributed by atoms with Gasteiger partial charge >= 0.3 is 0 Å². The van der Waals surface area contributed by atoms with Crippen LogP contribution in [0, 0.1) is 13.8 Å². The van der Waals surface area contributed by atoms with Crippen molar-refractivity contribution in [2.45, 2.75) is 65.1 Å². The van der Waals surface area contributed by atoms with E-state index in [0.717, 1.165) is 19.1 Å². The Bertz CT molecular complexity index is 380. The molecule has 18 heavy (non-hydrogen) atoms. The fourth-order valence-corrected chi connectivity index (χ4v) is 3.83. The van der Waals surface area contributed by atoms with Crippen molar-refractivity contribution in [3.05, 3.63) is 15.6 Å². The standard InChI is InChI=1S/C14H25N3S/c1-4-17(13-7-5-12(15)6-8-13)9-14-10(2)16-11(3)18-14/h12-13H,4-9,15H2,1-3H3. The van der Waals surface area contributed by atoms with E-state index < -0.39 is 0 Å². The Morgan fingerprint density at radius 1 is 1.28 bits per heavy atom. The third-order valence-electron chi connectivity index (χ3n) is 4.01. The van der Waals surface area contributed by atoms with Gasteiger partial charge in [-0.05, 0) is 46.1 Å². The highest BCUT2D eigenvalue weighted by molar-refractivity contribution is 7.11. The minimum atomic E-state index is 0.437. The van der Waals surface area contributed by atoms with Crippen molar-refractivity contribution in [1.29, 1.82) is 0 Å². The number of thiazole rings is 1. The Balaban J connectivity index is 1.99. The summed E-state index contributed by atoms with van der Waals surface area (Å²) >= 11 is 1.85. The Kier molecular flexibility index (Phi) is 4.76. The SMILES string of the molecule is CCN(Cc1sc(C)nc1C)C1CCC(N)CC1. The summed E-state index contributed by atoms with van der Waals surface area (Å²) in [4.78, 5) is 8.56. The van der Waals surface area contributed by atoms with Crippen LogP contribution in [-0.2, 0) is 6.54 Å². The highest BCUT2D eigenvalue weighted by Gasteiger charge is 2.24. The van der Waals surface area contributed by atoms with Crippen LogP contribution in [0.3, 0.4) is 0 Å². The summed E-state index contributed by atoms with van der Waals surface area (Å²) in [5, 5.41) is 1.18. The molecule has 2 N–H and O–H groups in total. The smallest absolute Gasteiger partial charge is 0.0900 e. The highest BCUT2D eigenvalue weighted by atomic mass is 32.1. The summed E-state index contributed by atoms with van der Waals surface area (Å²) < 4.78 is 0. The zero-order chi connectivity index (χ0) is 13.1. The van der Waals surface area contributed by atoms with E-state index in [1.807, 2.05) is 11.3 Å². The number of aromatic nitrogens is 1. The van der Waals surface area contributed by atoms with Gasteiger partial charge in [0.2, 0.25) is 0 Å². The predicted molar refractivity (Wildman–Crippen MR) is 77.9 cm³/mol. The summed E-state index contributed by atoms with van der Waals surface area (Å²) in [6.07, 6.45) is 4.88. The molecule has 0 aliphatic heterocycles. The first-order chi connectivity index (χ1) is 8.60. The van der Waals surface area contributed by atoms with Gasteiger partial charge < -0.3 is 5.73 Å². The molecule has 0 amide bonds. The molecule has 0 aromatic carbocycles. The summed E-state index contributed by atoms with van der Waals surface area (Å²) in [6.45, 7) is 8.67. The van der Waals surface area contributed by atoms with Crippen molar-refractivity contribution in [1.82, 2.24) is 9.88 Å². The number of nitrogens with two attached hydrogens (primary N) is 1. The van der Waals surface area contributed by atoms with E-state index in [2.05, 4.69) is 30.7 Å². The van der Waals surface area contributed by atoms with Gasteiger partial charge in [0.15, 0.2) is 0 Å². The zero-order valence-electron chi connectivity index (χ0n) is 11.8. The van der Waals surface area contributed by atoms with Crippen LogP contribution in [0.5, 0.6) is 0 Å². The van der Waals surface area contributed by atoms with Crippen LogP contribution in [-0.4, -0.2) is 28.5 Å². The highest BCUT2D eigenvalue weighted by Crippen LogP contribution is 2.26. The largest absolute Gasteiger partial charge is 0.328 e. The average molecular weight is 267 g/mol. The van der Waals surface area contributed by atoms with Gasteiger partial charge in [-0.2, -0.15) is 0 Å². The second-order valence-corrected chi connectivity index (χ2v) is 6.66. The summed E-state index contributed by atoms with van der Waals surface area (Å²) in [6, 6.07) is 1.16. The third kappa shape index (κ3) is 3.31. The summed E-state index contributed by atoms with van der Waals surface area (Å²) in [5.74, 6) is 0. The molecule has 3 nitrogen and oxygen atoms in total. The Morgan fingerprint density at radius 3 is 2.44 bits per heavy atom. The minimum Gasteiger partial charge on any atom is -0.328 e. The molecule has 1 saturated carbocycles. The summed E-state index contributed by atoms with van der Waals surface area (Å²) in [7, 11) is 0. The molecule has 0 unspecified atom stereocenters. The van der Waals surface area contributed by atoms with Gasteiger partial charge in [-0.1, -0.05) is 6.92 Å². The lowest BCUT2D eigenvalue weighted by molar-refractivity contribution is 0.150.